The lowest BCUT2D eigenvalue weighted by Gasteiger charge is -2.31. The third-order valence-electron chi connectivity index (χ3n) is 4.22. The van der Waals surface area contributed by atoms with Crippen LogP contribution in [0.2, 0.25) is 0 Å². The van der Waals surface area contributed by atoms with E-state index in [0.29, 0.717) is 18.0 Å². The molecule has 1 saturated carbocycles. The molecule has 1 fully saturated rings. The van der Waals surface area contributed by atoms with Gasteiger partial charge in [-0.25, -0.2) is 0 Å². The van der Waals surface area contributed by atoms with Crippen LogP contribution in [-0.2, 0) is 9.59 Å². The first-order chi connectivity index (χ1) is 10.9. The summed E-state index contributed by atoms with van der Waals surface area (Å²) in [5.41, 5.74) is 6.91. The number of nitrogens with one attached hydrogen (secondary N) is 2. The molecule has 0 aliphatic heterocycles. The number of amides is 2. The Morgan fingerprint density at radius 2 is 1.54 bits per heavy atom. The average Bonchev–Trinajstić information content (AvgIpc) is 2.49. The standard InChI is InChI=1S/C18H27N3O2.ClH/c1-13(2)12-16(22)20-14-6-8-15(9-7-14)21-17(23)18(19)10-4-3-5-11-18;/h6-9,13H,3-5,10-12,19H2,1-2H3,(H,20,22)(H,21,23);1H. The number of carbonyl (C=O) groups excluding carboxylic acids is 2. The van der Waals surface area contributed by atoms with Crippen molar-refractivity contribution in [3.63, 3.8) is 0 Å². The first-order valence-corrected chi connectivity index (χ1v) is 8.39. The number of hydrogen-bond acceptors (Lipinski definition) is 3. The normalized spacial score (nSPS) is 16.2. The Bertz CT molecular complexity index is 552. The molecule has 0 spiro atoms. The van der Waals surface area contributed by atoms with E-state index in [4.69, 9.17) is 5.73 Å². The van der Waals surface area contributed by atoms with E-state index in [-0.39, 0.29) is 24.2 Å². The molecule has 1 aliphatic carbocycles. The molecule has 1 aliphatic rings. The molecule has 0 radical (unpaired) electrons. The first-order valence-electron chi connectivity index (χ1n) is 8.39. The van der Waals surface area contributed by atoms with Crippen molar-refractivity contribution in [2.24, 2.45) is 11.7 Å². The van der Waals surface area contributed by atoms with Crippen molar-refractivity contribution in [3.8, 4) is 0 Å². The van der Waals surface area contributed by atoms with Crippen molar-refractivity contribution in [1.82, 2.24) is 0 Å². The second-order valence-electron chi connectivity index (χ2n) is 6.89. The fraction of sp³-hybridized carbons (Fsp3) is 0.556. The molecule has 24 heavy (non-hydrogen) atoms. The summed E-state index contributed by atoms with van der Waals surface area (Å²) in [6.07, 6.45) is 5.13. The van der Waals surface area contributed by atoms with Gasteiger partial charge in [-0.15, -0.1) is 12.4 Å². The Balaban J connectivity index is 0.00000288. The quantitative estimate of drug-likeness (QED) is 0.754. The van der Waals surface area contributed by atoms with Gasteiger partial charge in [0.1, 0.15) is 0 Å². The van der Waals surface area contributed by atoms with Crippen molar-refractivity contribution in [2.75, 3.05) is 10.6 Å². The highest BCUT2D eigenvalue weighted by atomic mass is 35.5. The summed E-state index contributed by atoms with van der Waals surface area (Å²) in [6.45, 7) is 4.01. The fourth-order valence-electron chi connectivity index (χ4n) is 2.89. The van der Waals surface area contributed by atoms with Crippen LogP contribution in [-0.4, -0.2) is 17.4 Å². The zero-order valence-corrected chi connectivity index (χ0v) is 15.2. The van der Waals surface area contributed by atoms with Crippen LogP contribution in [0, 0.1) is 5.92 Å². The van der Waals surface area contributed by atoms with Crippen molar-refractivity contribution in [1.29, 1.82) is 0 Å². The number of anilines is 2. The van der Waals surface area contributed by atoms with Gasteiger partial charge in [0.15, 0.2) is 0 Å². The van der Waals surface area contributed by atoms with Crippen molar-refractivity contribution in [3.05, 3.63) is 24.3 Å². The number of hydrogen-bond donors (Lipinski definition) is 3. The molecule has 0 unspecified atom stereocenters. The molecule has 0 heterocycles. The van der Waals surface area contributed by atoms with Crippen LogP contribution in [0.25, 0.3) is 0 Å². The molecule has 2 rings (SSSR count). The smallest absolute Gasteiger partial charge is 0.244 e. The Morgan fingerprint density at radius 3 is 2.04 bits per heavy atom. The van der Waals surface area contributed by atoms with Crippen molar-refractivity contribution >= 4 is 35.6 Å². The fourth-order valence-corrected chi connectivity index (χ4v) is 2.89. The summed E-state index contributed by atoms with van der Waals surface area (Å²) < 4.78 is 0. The average molecular weight is 354 g/mol. The highest BCUT2D eigenvalue weighted by Crippen LogP contribution is 2.27. The lowest BCUT2D eigenvalue weighted by atomic mass is 9.82. The first kappa shape index (κ1) is 20.5. The summed E-state index contributed by atoms with van der Waals surface area (Å²) >= 11 is 0. The Labute approximate surface area is 150 Å². The van der Waals surface area contributed by atoms with Gasteiger partial charge in [0, 0.05) is 17.8 Å². The van der Waals surface area contributed by atoms with E-state index in [1.54, 1.807) is 24.3 Å². The van der Waals surface area contributed by atoms with E-state index >= 15 is 0 Å². The van der Waals surface area contributed by atoms with Gasteiger partial charge in [0.25, 0.3) is 0 Å². The predicted molar refractivity (Wildman–Crippen MR) is 100 cm³/mol. The highest BCUT2D eigenvalue weighted by molar-refractivity contribution is 5.98. The lowest BCUT2D eigenvalue weighted by Crippen LogP contribution is -2.52. The van der Waals surface area contributed by atoms with Crippen LogP contribution in [0.5, 0.6) is 0 Å². The SMILES string of the molecule is CC(C)CC(=O)Nc1ccc(NC(=O)C2(N)CCCCC2)cc1.Cl. The Hall–Kier alpha value is -1.59. The van der Waals surface area contributed by atoms with Gasteiger partial charge < -0.3 is 16.4 Å². The monoisotopic (exact) mass is 353 g/mol. The van der Waals surface area contributed by atoms with E-state index < -0.39 is 5.54 Å². The van der Waals surface area contributed by atoms with E-state index in [9.17, 15) is 9.59 Å². The van der Waals surface area contributed by atoms with Gasteiger partial charge in [0.05, 0.1) is 5.54 Å². The van der Waals surface area contributed by atoms with E-state index in [1.165, 1.54) is 0 Å². The molecule has 2 amide bonds. The molecule has 1 aromatic carbocycles. The molecule has 1 aromatic rings. The summed E-state index contributed by atoms with van der Waals surface area (Å²) in [5.74, 6) is 0.207. The van der Waals surface area contributed by atoms with Crippen LogP contribution in [0.1, 0.15) is 52.4 Å². The molecular weight excluding hydrogens is 326 g/mol. The molecule has 5 nitrogen and oxygen atoms in total. The summed E-state index contributed by atoms with van der Waals surface area (Å²) in [7, 11) is 0. The summed E-state index contributed by atoms with van der Waals surface area (Å²) in [4.78, 5) is 24.1. The number of halogens is 1. The molecule has 0 saturated heterocycles. The zero-order chi connectivity index (χ0) is 16.9. The largest absolute Gasteiger partial charge is 0.326 e. The Morgan fingerprint density at radius 1 is 1.04 bits per heavy atom. The maximum atomic E-state index is 12.4. The van der Waals surface area contributed by atoms with Crippen LogP contribution < -0.4 is 16.4 Å². The van der Waals surface area contributed by atoms with Crippen LogP contribution in [0.15, 0.2) is 24.3 Å². The molecule has 0 aromatic heterocycles. The van der Waals surface area contributed by atoms with Gasteiger partial charge in [-0.3, -0.25) is 9.59 Å². The molecular formula is C18H28ClN3O2. The minimum absolute atomic E-state index is 0. The van der Waals surface area contributed by atoms with Crippen LogP contribution in [0.4, 0.5) is 11.4 Å². The van der Waals surface area contributed by atoms with E-state index in [1.807, 2.05) is 13.8 Å². The molecule has 0 atom stereocenters. The van der Waals surface area contributed by atoms with Gasteiger partial charge in [-0.1, -0.05) is 33.1 Å². The van der Waals surface area contributed by atoms with Crippen molar-refractivity contribution in [2.45, 2.75) is 57.9 Å². The van der Waals surface area contributed by atoms with Gasteiger partial charge in [-0.2, -0.15) is 0 Å². The minimum Gasteiger partial charge on any atom is -0.326 e. The number of carbonyl (C=O) groups is 2. The van der Waals surface area contributed by atoms with Gasteiger partial charge in [-0.05, 0) is 43.0 Å². The molecule has 134 valence electrons. The van der Waals surface area contributed by atoms with E-state index in [2.05, 4.69) is 10.6 Å². The molecule has 0 bridgehead atoms. The third-order valence-corrected chi connectivity index (χ3v) is 4.22. The van der Waals surface area contributed by atoms with Gasteiger partial charge >= 0.3 is 0 Å². The van der Waals surface area contributed by atoms with Gasteiger partial charge in [0.2, 0.25) is 11.8 Å². The number of rotatable bonds is 5. The third kappa shape index (κ3) is 5.80. The highest BCUT2D eigenvalue weighted by Gasteiger charge is 2.35. The number of benzene rings is 1. The van der Waals surface area contributed by atoms with Crippen LogP contribution >= 0.6 is 12.4 Å². The van der Waals surface area contributed by atoms with Crippen molar-refractivity contribution < 1.29 is 9.59 Å². The Kier molecular flexibility index (Phi) is 7.70. The minimum atomic E-state index is -0.748. The maximum absolute atomic E-state index is 12.4. The summed E-state index contributed by atoms with van der Waals surface area (Å²) in [6, 6.07) is 7.15. The molecule has 4 N–H and O–H groups in total. The second kappa shape index (κ2) is 9.04. The number of nitrogens with two attached hydrogens (primary N) is 1. The molecule has 6 heteroatoms. The zero-order valence-electron chi connectivity index (χ0n) is 14.4. The van der Waals surface area contributed by atoms with Crippen LogP contribution in [0.3, 0.4) is 0 Å². The predicted octanol–water partition coefficient (Wildman–Crippen LogP) is 3.69. The van der Waals surface area contributed by atoms with E-state index in [0.717, 1.165) is 37.8 Å². The maximum Gasteiger partial charge on any atom is 0.244 e. The topological polar surface area (TPSA) is 84.2 Å². The lowest BCUT2D eigenvalue weighted by molar-refractivity contribution is -0.122. The summed E-state index contributed by atoms with van der Waals surface area (Å²) in [5, 5.41) is 5.74. The second-order valence-corrected chi connectivity index (χ2v) is 6.89.